The Hall–Kier alpha value is -0.820. The van der Waals surface area contributed by atoms with E-state index < -0.39 is 0 Å². The molecule has 0 N–H and O–H groups in total. The van der Waals surface area contributed by atoms with Gasteiger partial charge in [-0.3, -0.25) is 4.90 Å². The fraction of sp³-hybridized carbons (Fsp3) is 0.538. The van der Waals surface area contributed by atoms with Gasteiger partial charge < -0.3 is 0 Å². The first-order valence-electron chi connectivity index (χ1n) is 5.70. The summed E-state index contributed by atoms with van der Waals surface area (Å²) in [6.07, 6.45) is 4.32. The number of hydrogen-bond acceptors (Lipinski definition) is 1. The molecule has 3 unspecified atom stereocenters. The molecule has 3 atom stereocenters. The van der Waals surface area contributed by atoms with E-state index in [1.165, 1.54) is 24.8 Å². The van der Waals surface area contributed by atoms with Crippen LogP contribution in [0.2, 0.25) is 0 Å². The SMILES string of the molecule is CC(c1ccccc1)N1C2CCCC21. The van der Waals surface area contributed by atoms with Crippen molar-refractivity contribution in [3.05, 3.63) is 35.9 Å². The fourth-order valence-electron chi connectivity index (χ4n) is 3.05. The van der Waals surface area contributed by atoms with Crippen LogP contribution < -0.4 is 0 Å². The third kappa shape index (κ3) is 1.19. The molecule has 1 aromatic rings. The van der Waals surface area contributed by atoms with Gasteiger partial charge in [0.1, 0.15) is 0 Å². The summed E-state index contributed by atoms with van der Waals surface area (Å²) in [6, 6.07) is 13.4. The Bertz CT molecular complexity index is 309. The largest absolute Gasteiger partial charge is 0.288 e. The zero-order chi connectivity index (χ0) is 9.54. The Labute approximate surface area is 85.7 Å². The Balaban J connectivity index is 1.75. The molecule has 1 aromatic carbocycles. The van der Waals surface area contributed by atoms with E-state index in [1.54, 1.807) is 0 Å². The lowest BCUT2D eigenvalue weighted by Gasteiger charge is -2.16. The maximum Gasteiger partial charge on any atom is 0.0327 e. The van der Waals surface area contributed by atoms with Gasteiger partial charge in [-0.1, -0.05) is 36.8 Å². The molecule has 1 heterocycles. The van der Waals surface area contributed by atoms with Crippen molar-refractivity contribution in [2.45, 2.75) is 44.3 Å². The van der Waals surface area contributed by atoms with Gasteiger partial charge in [-0.15, -0.1) is 0 Å². The van der Waals surface area contributed by atoms with Gasteiger partial charge in [-0.05, 0) is 25.3 Å². The second-order valence-corrected chi connectivity index (χ2v) is 4.60. The van der Waals surface area contributed by atoms with Crippen LogP contribution in [0.15, 0.2) is 30.3 Å². The minimum absolute atomic E-state index is 0.631. The highest BCUT2D eigenvalue weighted by Crippen LogP contribution is 2.47. The molecule has 1 nitrogen and oxygen atoms in total. The highest BCUT2D eigenvalue weighted by atomic mass is 15.4. The van der Waals surface area contributed by atoms with Gasteiger partial charge in [0.05, 0.1) is 0 Å². The zero-order valence-electron chi connectivity index (χ0n) is 8.69. The Kier molecular flexibility index (Phi) is 1.88. The second kappa shape index (κ2) is 3.09. The van der Waals surface area contributed by atoms with Gasteiger partial charge in [0.2, 0.25) is 0 Å². The van der Waals surface area contributed by atoms with Crippen LogP contribution in [0.4, 0.5) is 0 Å². The van der Waals surface area contributed by atoms with E-state index >= 15 is 0 Å². The van der Waals surface area contributed by atoms with Crippen LogP contribution >= 0.6 is 0 Å². The number of piperidine rings is 1. The summed E-state index contributed by atoms with van der Waals surface area (Å²) >= 11 is 0. The average Bonchev–Trinajstić information content (AvgIpc) is 2.72. The summed E-state index contributed by atoms with van der Waals surface area (Å²) in [6.45, 7) is 2.34. The first-order valence-corrected chi connectivity index (χ1v) is 5.70. The number of benzene rings is 1. The van der Waals surface area contributed by atoms with Gasteiger partial charge in [0.25, 0.3) is 0 Å². The molecule has 2 aliphatic rings. The van der Waals surface area contributed by atoms with E-state index in [4.69, 9.17) is 0 Å². The molecule has 0 bridgehead atoms. The molecular weight excluding hydrogens is 170 g/mol. The molecule has 2 fully saturated rings. The summed E-state index contributed by atoms with van der Waals surface area (Å²) < 4.78 is 0. The molecule has 1 saturated carbocycles. The molecular formula is C13H17N. The zero-order valence-corrected chi connectivity index (χ0v) is 8.69. The quantitative estimate of drug-likeness (QED) is 0.643. The van der Waals surface area contributed by atoms with Crippen molar-refractivity contribution < 1.29 is 0 Å². The summed E-state index contributed by atoms with van der Waals surface area (Å²) in [5, 5.41) is 0. The standard InChI is InChI=1S/C13H17N/c1-10(11-6-3-2-4-7-11)14-12-8-5-9-13(12)14/h2-4,6-7,10,12-13H,5,8-9H2,1H3. The number of rotatable bonds is 2. The van der Waals surface area contributed by atoms with Crippen LogP contribution in [0, 0.1) is 0 Å². The minimum Gasteiger partial charge on any atom is -0.288 e. The summed E-state index contributed by atoms with van der Waals surface area (Å²) in [4.78, 5) is 2.68. The van der Waals surface area contributed by atoms with Crippen LogP contribution in [0.3, 0.4) is 0 Å². The molecule has 0 amide bonds. The monoisotopic (exact) mass is 187 g/mol. The lowest BCUT2D eigenvalue weighted by atomic mass is 10.1. The molecule has 14 heavy (non-hydrogen) atoms. The summed E-state index contributed by atoms with van der Waals surface area (Å²) in [5.41, 5.74) is 1.47. The van der Waals surface area contributed by atoms with E-state index in [1.807, 2.05) is 0 Å². The molecule has 1 saturated heterocycles. The molecule has 0 aromatic heterocycles. The molecule has 3 rings (SSSR count). The lowest BCUT2D eigenvalue weighted by Crippen LogP contribution is -2.11. The molecule has 1 aliphatic heterocycles. The van der Waals surface area contributed by atoms with Gasteiger partial charge in [0.15, 0.2) is 0 Å². The van der Waals surface area contributed by atoms with Crippen LogP contribution in [-0.2, 0) is 0 Å². The van der Waals surface area contributed by atoms with E-state index in [0.717, 1.165) is 12.1 Å². The van der Waals surface area contributed by atoms with Gasteiger partial charge >= 0.3 is 0 Å². The van der Waals surface area contributed by atoms with Gasteiger partial charge in [0, 0.05) is 18.1 Å². The number of hydrogen-bond donors (Lipinski definition) is 0. The molecule has 1 heteroatoms. The second-order valence-electron chi connectivity index (χ2n) is 4.60. The third-order valence-electron chi connectivity index (χ3n) is 3.85. The Morgan fingerprint density at radius 3 is 2.43 bits per heavy atom. The van der Waals surface area contributed by atoms with Crippen molar-refractivity contribution in [1.82, 2.24) is 4.90 Å². The Morgan fingerprint density at radius 1 is 1.14 bits per heavy atom. The predicted molar refractivity (Wildman–Crippen MR) is 58.1 cm³/mol. The van der Waals surface area contributed by atoms with Crippen molar-refractivity contribution >= 4 is 0 Å². The molecule has 0 spiro atoms. The lowest BCUT2D eigenvalue weighted by molar-refractivity contribution is 0.347. The maximum absolute atomic E-state index is 2.68. The van der Waals surface area contributed by atoms with Crippen LogP contribution in [-0.4, -0.2) is 17.0 Å². The van der Waals surface area contributed by atoms with E-state index in [2.05, 4.69) is 42.2 Å². The molecule has 1 aliphatic carbocycles. The van der Waals surface area contributed by atoms with Gasteiger partial charge in [-0.25, -0.2) is 0 Å². The first-order chi connectivity index (χ1) is 6.88. The predicted octanol–water partition coefficient (Wildman–Crippen LogP) is 2.98. The van der Waals surface area contributed by atoms with Crippen LogP contribution in [0.25, 0.3) is 0 Å². The van der Waals surface area contributed by atoms with Crippen molar-refractivity contribution in [3.8, 4) is 0 Å². The highest BCUT2D eigenvalue weighted by Gasteiger charge is 2.52. The maximum atomic E-state index is 2.68. The topological polar surface area (TPSA) is 3.01 Å². The Morgan fingerprint density at radius 2 is 1.79 bits per heavy atom. The van der Waals surface area contributed by atoms with Crippen LogP contribution in [0.1, 0.15) is 37.8 Å². The smallest absolute Gasteiger partial charge is 0.0327 e. The normalized spacial score (nSPS) is 36.5. The van der Waals surface area contributed by atoms with E-state index in [9.17, 15) is 0 Å². The van der Waals surface area contributed by atoms with Crippen molar-refractivity contribution in [3.63, 3.8) is 0 Å². The molecule has 0 radical (unpaired) electrons. The number of nitrogens with zero attached hydrogens (tertiary/aromatic N) is 1. The summed E-state index contributed by atoms with van der Waals surface area (Å²) in [7, 11) is 0. The first kappa shape index (κ1) is 8.49. The third-order valence-corrected chi connectivity index (χ3v) is 3.85. The highest BCUT2D eigenvalue weighted by molar-refractivity contribution is 5.22. The number of fused-ring (bicyclic) bond motifs is 1. The van der Waals surface area contributed by atoms with Crippen molar-refractivity contribution in [2.24, 2.45) is 0 Å². The minimum atomic E-state index is 0.631. The van der Waals surface area contributed by atoms with Crippen LogP contribution in [0.5, 0.6) is 0 Å². The van der Waals surface area contributed by atoms with Crippen molar-refractivity contribution in [2.75, 3.05) is 0 Å². The fourth-order valence-corrected chi connectivity index (χ4v) is 3.05. The summed E-state index contributed by atoms with van der Waals surface area (Å²) in [5.74, 6) is 0. The average molecular weight is 187 g/mol. The van der Waals surface area contributed by atoms with E-state index in [0.29, 0.717) is 6.04 Å². The van der Waals surface area contributed by atoms with Crippen molar-refractivity contribution in [1.29, 1.82) is 0 Å². The molecule has 74 valence electrons. The van der Waals surface area contributed by atoms with E-state index in [-0.39, 0.29) is 0 Å². The number of likely N-dealkylation sites (tertiary alicyclic amines) is 1. The van der Waals surface area contributed by atoms with Gasteiger partial charge in [-0.2, -0.15) is 0 Å².